The molecule has 3 aromatic carbocycles. The van der Waals surface area contributed by atoms with Gasteiger partial charge in [-0.3, -0.25) is 4.98 Å². The summed E-state index contributed by atoms with van der Waals surface area (Å²) in [5.74, 6) is 1.22. The van der Waals surface area contributed by atoms with Crippen LogP contribution in [0.1, 0.15) is 51.1 Å². The molecule has 12 heteroatoms. The number of rotatable bonds is 15. The number of pyridine rings is 1. The lowest BCUT2D eigenvalue weighted by atomic mass is 10.00. The van der Waals surface area contributed by atoms with E-state index in [1.165, 1.54) is 38.5 Å². The number of hydrogen-bond donors (Lipinski definition) is 0. The largest absolute Gasteiger partial charge is 0.573 e. The minimum Gasteiger partial charge on any atom is -0.495 e. The number of aryl methyl sites for hydroxylation is 1. The highest BCUT2D eigenvalue weighted by molar-refractivity contribution is 6.33. The second kappa shape index (κ2) is 16.3. The van der Waals surface area contributed by atoms with E-state index in [0.717, 1.165) is 31.4 Å². The normalized spacial score (nSPS) is 11.3. The van der Waals surface area contributed by atoms with Crippen molar-refractivity contribution < 1.29 is 46.4 Å². The predicted molar refractivity (Wildman–Crippen MR) is 168 cm³/mol. The van der Waals surface area contributed by atoms with E-state index in [2.05, 4.69) is 11.7 Å². The first kappa shape index (κ1) is 34.5. The molecule has 0 spiro atoms. The van der Waals surface area contributed by atoms with Crippen LogP contribution in [0.4, 0.5) is 18.0 Å². The Hall–Kier alpha value is -4.38. The highest BCUT2D eigenvalue weighted by Crippen LogP contribution is 2.42. The molecule has 4 aromatic rings. The summed E-state index contributed by atoms with van der Waals surface area (Å²) in [6, 6.07) is 15.4. The first-order chi connectivity index (χ1) is 22.1. The smallest absolute Gasteiger partial charge is 0.495 e. The second-order valence-electron chi connectivity index (χ2n) is 10.3. The summed E-state index contributed by atoms with van der Waals surface area (Å²) in [5.41, 5.74) is 2.51. The SMILES string of the molecule is CCCCCCCCOC(=O)OCOc1c(-c2ccc(Oc3ccc(OC(F)(F)F)cc3)cc2)c(C)nc2cc(OC)c(Cl)cc12. The van der Waals surface area contributed by atoms with Crippen molar-refractivity contribution in [1.29, 1.82) is 0 Å². The highest BCUT2D eigenvalue weighted by Gasteiger charge is 2.31. The number of aromatic nitrogens is 1. The van der Waals surface area contributed by atoms with Gasteiger partial charge < -0.3 is 28.4 Å². The molecule has 0 N–H and O–H groups in total. The van der Waals surface area contributed by atoms with E-state index in [9.17, 15) is 18.0 Å². The van der Waals surface area contributed by atoms with Gasteiger partial charge in [-0.15, -0.1) is 13.2 Å². The molecule has 1 heterocycles. The van der Waals surface area contributed by atoms with Crippen LogP contribution in [-0.4, -0.2) is 38.0 Å². The highest BCUT2D eigenvalue weighted by atomic mass is 35.5. The third kappa shape index (κ3) is 9.81. The van der Waals surface area contributed by atoms with E-state index < -0.39 is 19.3 Å². The van der Waals surface area contributed by atoms with Gasteiger partial charge in [-0.05, 0) is 61.4 Å². The summed E-state index contributed by atoms with van der Waals surface area (Å²) < 4.78 is 68.9. The van der Waals surface area contributed by atoms with Crippen molar-refractivity contribution in [3.63, 3.8) is 0 Å². The Bertz CT molecular complexity index is 1600. The number of ether oxygens (including phenoxy) is 6. The number of carbonyl (C=O) groups excluding carboxylic acids is 1. The van der Waals surface area contributed by atoms with Crippen molar-refractivity contribution in [2.24, 2.45) is 0 Å². The summed E-state index contributed by atoms with van der Waals surface area (Å²) in [6.07, 6.45) is 0.758. The third-order valence-electron chi connectivity index (χ3n) is 6.93. The van der Waals surface area contributed by atoms with Gasteiger partial charge in [0.15, 0.2) is 0 Å². The number of nitrogens with zero attached hydrogens (tertiary/aromatic N) is 1. The molecule has 0 aliphatic heterocycles. The van der Waals surface area contributed by atoms with Crippen molar-refractivity contribution in [2.75, 3.05) is 20.5 Å². The molecule has 0 unspecified atom stereocenters. The zero-order chi connectivity index (χ0) is 33.1. The van der Waals surface area contributed by atoms with Crippen molar-refractivity contribution in [1.82, 2.24) is 4.98 Å². The Morgan fingerprint density at radius 2 is 1.50 bits per heavy atom. The van der Waals surface area contributed by atoms with Crippen LogP contribution in [0.15, 0.2) is 60.7 Å². The Kier molecular flexibility index (Phi) is 12.2. The zero-order valence-electron chi connectivity index (χ0n) is 25.7. The molecule has 0 saturated carbocycles. The molecule has 1 aromatic heterocycles. The van der Waals surface area contributed by atoms with Gasteiger partial charge >= 0.3 is 12.5 Å². The number of methoxy groups -OCH3 is 1. The van der Waals surface area contributed by atoms with Crippen molar-refractivity contribution in [2.45, 2.75) is 58.7 Å². The van der Waals surface area contributed by atoms with Gasteiger partial charge in [0.05, 0.1) is 24.3 Å². The van der Waals surface area contributed by atoms with Crippen LogP contribution in [0, 0.1) is 6.92 Å². The summed E-state index contributed by atoms with van der Waals surface area (Å²) in [6.45, 7) is 3.82. The number of carbonyl (C=O) groups is 1. The van der Waals surface area contributed by atoms with E-state index in [4.69, 9.17) is 40.3 Å². The Labute approximate surface area is 270 Å². The molecular weight excluding hydrogens is 627 g/mol. The first-order valence-corrected chi connectivity index (χ1v) is 15.2. The molecule has 0 atom stereocenters. The lowest BCUT2D eigenvalue weighted by molar-refractivity contribution is -0.274. The van der Waals surface area contributed by atoms with Crippen molar-refractivity contribution in [3.8, 4) is 39.9 Å². The molecule has 0 radical (unpaired) electrons. The van der Waals surface area contributed by atoms with Gasteiger partial charge in [0.25, 0.3) is 0 Å². The molecule has 4 rings (SSSR count). The number of hydrogen-bond acceptors (Lipinski definition) is 8. The van der Waals surface area contributed by atoms with Gasteiger partial charge in [0.2, 0.25) is 6.79 Å². The van der Waals surface area contributed by atoms with Gasteiger partial charge in [-0.2, -0.15) is 0 Å². The maximum absolute atomic E-state index is 12.5. The van der Waals surface area contributed by atoms with E-state index in [1.807, 2.05) is 6.92 Å². The molecule has 0 saturated heterocycles. The molecule has 46 heavy (non-hydrogen) atoms. The minimum absolute atomic E-state index is 0.267. The fourth-order valence-corrected chi connectivity index (χ4v) is 4.99. The van der Waals surface area contributed by atoms with Crippen LogP contribution in [0.2, 0.25) is 5.02 Å². The predicted octanol–water partition coefficient (Wildman–Crippen LogP) is 10.4. The summed E-state index contributed by atoms with van der Waals surface area (Å²) >= 11 is 6.45. The van der Waals surface area contributed by atoms with Gasteiger partial charge in [0, 0.05) is 22.7 Å². The number of halogens is 4. The maximum atomic E-state index is 12.5. The lowest BCUT2D eigenvalue weighted by Crippen LogP contribution is -2.16. The number of benzene rings is 3. The molecular formula is C34H35ClF3NO7. The molecule has 0 amide bonds. The van der Waals surface area contributed by atoms with Crippen molar-refractivity contribution in [3.05, 3.63) is 71.4 Å². The van der Waals surface area contributed by atoms with E-state index >= 15 is 0 Å². The van der Waals surface area contributed by atoms with Crippen LogP contribution >= 0.6 is 11.6 Å². The molecule has 0 fully saturated rings. The second-order valence-corrected chi connectivity index (χ2v) is 10.7. The number of fused-ring (bicyclic) bond motifs is 1. The maximum Gasteiger partial charge on any atom is 0.573 e. The lowest BCUT2D eigenvalue weighted by Gasteiger charge is -2.18. The first-order valence-electron chi connectivity index (χ1n) is 14.8. The monoisotopic (exact) mass is 661 g/mol. The zero-order valence-corrected chi connectivity index (χ0v) is 26.5. The number of alkyl halides is 3. The fraction of sp³-hybridized carbons (Fsp3) is 0.353. The van der Waals surface area contributed by atoms with Crippen LogP contribution in [0.25, 0.3) is 22.0 Å². The van der Waals surface area contributed by atoms with E-state index in [-0.39, 0.29) is 12.4 Å². The average molecular weight is 662 g/mol. The molecule has 0 aliphatic rings. The van der Waals surface area contributed by atoms with Crippen LogP contribution in [0.5, 0.6) is 28.7 Å². The summed E-state index contributed by atoms with van der Waals surface area (Å²) in [7, 11) is 1.50. The van der Waals surface area contributed by atoms with Gasteiger partial charge in [-0.1, -0.05) is 62.8 Å². The molecule has 0 aliphatic carbocycles. The fourth-order valence-electron chi connectivity index (χ4n) is 4.75. The Balaban J connectivity index is 1.50. The standard InChI is InChI=1S/C34H35ClF3NO7/c1-4-5-6-7-8-9-18-42-33(40)44-21-43-32-27-19-28(35)30(41-3)20-29(27)39-22(2)31(32)23-10-12-24(13-11-23)45-25-14-16-26(17-15-25)46-34(36,37)38/h10-17,19-20H,4-9,18,21H2,1-3H3. The molecule has 0 bridgehead atoms. The Morgan fingerprint density at radius 3 is 2.15 bits per heavy atom. The Morgan fingerprint density at radius 1 is 0.870 bits per heavy atom. The molecule has 8 nitrogen and oxygen atoms in total. The average Bonchev–Trinajstić information content (AvgIpc) is 3.01. The minimum atomic E-state index is -4.78. The quantitative estimate of drug-likeness (QED) is 0.0707. The third-order valence-corrected chi connectivity index (χ3v) is 7.22. The van der Waals surface area contributed by atoms with Crippen molar-refractivity contribution >= 4 is 28.7 Å². The van der Waals surface area contributed by atoms with E-state index in [1.54, 1.807) is 36.4 Å². The van der Waals surface area contributed by atoms with Crippen LogP contribution in [-0.2, 0) is 9.47 Å². The van der Waals surface area contributed by atoms with Gasteiger partial charge in [-0.25, -0.2) is 4.79 Å². The van der Waals surface area contributed by atoms with Gasteiger partial charge in [0.1, 0.15) is 28.7 Å². The summed E-state index contributed by atoms with van der Waals surface area (Å²) in [4.78, 5) is 16.9. The van der Waals surface area contributed by atoms with E-state index in [0.29, 0.717) is 55.7 Å². The summed E-state index contributed by atoms with van der Waals surface area (Å²) in [5, 5.41) is 0.906. The topological polar surface area (TPSA) is 85.3 Å². The van der Waals surface area contributed by atoms with Crippen LogP contribution in [0.3, 0.4) is 0 Å². The molecule has 246 valence electrons. The number of unbranched alkanes of at least 4 members (excludes halogenated alkanes) is 5. The van der Waals surface area contributed by atoms with Crippen LogP contribution < -0.4 is 18.9 Å².